The van der Waals surface area contributed by atoms with Gasteiger partial charge in [0.15, 0.2) is 0 Å². The molecule has 0 saturated heterocycles. The van der Waals surface area contributed by atoms with Gasteiger partial charge in [0, 0.05) is 12.2 Å². The van der Waals surface area contributed by atoms with E-state index in [1.165, 1.54) is 5.56 Å². The van der Waals surface area contributed by atoms with Gasteiger partial charge in [-0.3, -0.25) is 0 Å². The molecule has 4 nitrogen and oxygen atoms in total. The van der Waals surface area contributed by atoms with E-state index in [1.54, 1.807) is 19.1 Å². The van der Waals surface area contributed by atoms with Crippen LogP contribution in [0.2, 0.25) is 0 Å². The summed E-state index contributed by atoms with van der Waals surface area (Å²) in [6.45, 7) is 5.48. The lowest BCUT2D eigenvalue weighted by molar-refractivity contribution is 0.0526. The molecule has 0 unspecified atom stereocenters. The number of carbonyl (C=O) groups is 1. The maximum Gasteiger partial charge on any atom is 0.338 e. The van der Waals surface area contributed by atoms with E-state index in [9.17, 15) is 4.79 Å². The molecule has 0 aliphatic carbocycles. The minimum Gasteiger partial charge on any atom is -0.492 e. The summed E-state index contributed by atoms with van der Waals surface area (Å²) in [6.07, 6.45) is 0. The second-order valence-corrected chi connectivity index (χ2v) is 4.89. The minimum atomic E-state index is -0.295. The molecule has 4 heteroatoms. The molecule has 2 rings (SSSR count). The van der Waals surface area contributed by atoms with E-state index in [0.29, 0.717) is 25.3 Å². The lowest BCUT2D eigenvalue weighted by atomic mass is 10.2. The van der Waals surface area contributed by atoms with E-state index in [0.717, 1.165) is 11.4 Å². The average Bonchev–Trinajstić information content (AvgIpc) is 2.54. The zero-order valence-corrected chi connectivity index (χ0v) is 13.0. The summed E-state index contributed by atoms with van der Waals surface area (Å²) < 4.78 is 10.6. The van der Waals surface area contributed by atoms with Crippen molar-refractivity contribution in [1.82, 2.24) is 0 Å². The highest BCUT2D eigenvalue weighted by atomic mass is 16.5. The largest absolute Gasteiger partial charge is 0.492 e. The normalized spacial score (nSPS) is 10.1. The lowest BCUT2D eigenvalue weighted by Gasteiger charge is -2.09. The Morgan fingerprint density at radius 3 is 2.36 bits per heavy atom. The summed E-state index contributed by atoms with van der Waals surface area (Å²) in [5.74, 6) is 0.571. The van der Waals surface area contributed by atoms with Gasteiger partial charge in [0.05, 0.1) is 12.2 Å². The van der Waals surface area contributed by atoms with Gasteiger partial charge in [-0.1, -0.05) is 17.7 Å². The van der Waals surface area contributed by atoms with Gasteiger partial charge in [-0.2, -0.15) is 0 Å². The van der Waals surface area contributed by atoms with E-state index in [1.807, 2.05) is 43.3 Å². The summed E-state index contributed by atoms with van der Waals surface area (Å²) in [7, 11) is 0. The zero-order chi connectivity index (χ0) is 15.8. The van der Waals surface area contributed by atoms with Crippen molar-refractivity contribution in [2.75, 3.05) is 25.1 Å². The Bertz CT molecular complexity index is 591. The molecule has 0 saturated carbocycles. The molecular weight excluding hydrogens is 278 g/mol. The number of esters is 1. The van der Waals surface area contributed by atoms with Gasteiger partial charge in [0.25, 0.3) is 0 Å². The first kappa shape index (κ1) is 15.9. The summed E-state index contributed by atoms with van der Waals surface area (Å²) in [5.41, 5.74) is 2.72. The monoisotopic (exact) mass is 299 g/mol. The molecule has 0 heterocycles. The van der Waals surface area contributed by atoms with Crippen molar-refractivity contribution in [3.05, 3.63) is 59.7 Å². The van der Waals surface area contributed by atoms with Crippen molar-refractivity contribution in [3.8, 4) is 5.75 Å². The number of rotatable bonds is 7. The molecule has 0 aliphatic heterocycles. The van der Waals surface area contributed by atoms with Gasteiger partial charge in [-0.05, 0) is 50.2 Å². The van der Waals surface area contributed by atoms with Gasteiger partial charge in [0.2, 0.25) is 0 Å². The Morgan fingerprint density at radius 1 is 1.05 bits per heavy atom. The predicted molar refractivity (Wildman–Crippen MR) is 87.6 cm³/mol. The Kier molecular flexibility index (Phi) is 5.83. The SMILES string of the molecule is CCOC(=O)c1ccc(NCCOc2ccc(C)cc2)cc1. The number of carbonyl (C=O) groups excluding carboxylic acids is 1. The molecule has 2 aromatic rings. The van der Waals surface area contributed by atoms with Crippen molar-refractivity contribution >= 4 is 11.7 Å². The number of hydrogen-bond donors (Lipinski definition) is 1. The maximum absolute atomic E-state index is 11.5. The molecule has 0 aromatic heterocycles. The number of anilines is 1. The van der Waals surface area contributed by atoms with Crippen LogP contribution in [-0.2, 0) is 4.74 Å². The van der Waals surface area contributed by atoms with Crippen LogP contribution in [0.1, 0.15) is 22.8 Å². The Labute approximate surface area is 131 Å². The van der Waals surface area contributed by atoms with Crippen LogP contribution in [0.5, 0.6) is 5.75 Å². The van der Waals surface area contributed by atoms with Crippen LogP contribution in [0.3, 0.4) is 0 Å². The Morgan fingerprint density at radius 2 is 1.73 bits per heavy atom. The molecule has 0 radical (unpaired) electrons. The van der Waals surface area contributed by atoms with E-state index >= 15 is 0 Å². The quantitative estimate of drug-likeness (QED) is 0.626. The van der Waals surface area contributed by atoms with Crippen LogP contribution in [0.25, 0.3) is 0 Å². The second kappa shape index (κ2) is 8.08. The van der Waals surface area contributed by atoms with Crippen LogP contribution in [0.15, 0.2) is 48.5 Å². The molecule has 0 atom stereocenters. The maximum atomic E-state index is 11.5. The summed E-state index contributed by atoms with van der Waals surface area (Å²) >= 11 is 0. The number of benzene rings is 2. The smallest absolute Gasteiger partial charge is 0.338 e. The summed E-state index contributed by atoms with van der Waals surface area (Å²) in [4.78, 5) is 11.5. The molecule has 0 spiro atoms. The summed E-state index contributed by atoms with van der Waals surface area (Å²) in [5, 5.41) is 3.25. The third-order valence-electron chi connectivity index (χ3n) is 3.12. The minimum absolute atomic E-state index is 0.295. The molecule has 0 fully saturated rings. The predicted octanol–water partition coefficient (Wildman–Crippen LogP) is 3.66. The molecule has 0 aliphatic rings. The van der Waals surface area contributed by atoms with E-state index in [2.05, 4.69) is 5.32 Å². The first-order valence-corrected chi connectivity index (χ1v) is 7.39. The highest BCUT2D eigenvalue weighted by Gasteiger charge is 2.05. The number of hydrogen-bond acceptors (Lipinski definition) is 4. The number of nitrogens with one attached hydrogen (secondary N) is 1. The highest BCUT2D eigenvalue weighted by molar-refractivity contribution is 5.89. The fourth-order valence-electron chi connectivity index (χ4n) is 1.94. The van der Waals surface area contributed by atoms with Crippen LogP contribution in [-0.4, -0.2) is 25.7 Å². The van der Waals surface area contributed by atoms with E-state index < -0.39 is 0 Å². The molecule has 0 bridgehead atoms. The third-order valence-corrected chi connectivity index (χ3v) is 3.12. The van der Waals surface area contributed by atoms with Gasteiger partial charge in [-0.25, -0.2) is 4.79 Å². The van der Waals surface area contributed by atoms with Gasteiger partial charge >= 0.3 is 5.97 Å². The van der Waals surface area contributed by atoms with E-state index in [-0.39, 0.29) is 5.97 Å². The Balaban J connectivity index is 1.75. The highest BCUT2D eigenvalue weighted by Crippen LogP contribution is 2.12. The van der Waals surface area contributed by atoms with Crippen molar-refractivity contribution < 1.29 is 14.3 Å². The molecular formula is C18H21NO3. The first-order chi connectivity index (χ1) is 10.7. The average molecular weight is 299 g/mol. The van der Waals surface area contributed by atoms with Crippen molar-refractivity contribution in [3.63, 3.8) is 0 Å². The fraction of sp³-hybridized carbons (Fsp3) is 0.278. The van der Waals surface area contributed by atoms with Crippen molar-refractivity contribution in [2.24, 2.45) is 0 Å². The van der Waals surface area contributed by atoms with Crippen molar-refractivity contribution in [2.45, 2.75) is 13.8 Å². The number of ether oxygens (including phenoxy) is 2. The first-order valence-electron chi connectivity index (χ1n) is 7.39. The van der Waals surface area contributed by atoms with Gasteiger partial charge in [-0.15, -0.1) is 0 Å². The standard InChI is InChI=1S/C18H21NO3/c1-3-21-18(20)15-6-8-16(9-7-15)19-12-13-22-17-10-4-14(2)5-11-17/h4-11,19H,3,12-13H2,1-2H3. The van der Waals surface area contributed by atoms with Gasteiger partial charge in [0.1, 0.15) is 12.4 Å². The molecule has 2 aromatic carbocycles. The molecule has 0 amide bonds. The number of aryl methyl sites for hydroxylation is 1. The third kappa shape index (κ3) is 4.81. The Hall–Kier alpha value is -2.49. The summed E-state index contributed by atoms with van der Waals surface area (Å²) in [6, 6.07) is 15.2. The fourth-order valence-corrected chi connectivity index (χ4v) is 1.94. The second-order valence-electron chi connectivity index (χ2n) is 4.89. The zero-order valence-electron chi connectivity index (χ0n) is 13.0. The van der Waals surface area contributed by atoms with E-state index in [4.69, 9.17) is 9.47 Å². The van der Waals surface area contributed by atoms with Crippen LogP contribution < -0.4 is 10.1 Å². The van der Waals surface area contributed by atoms with Crippen LogP contribution in [0.4, 0.5) is 5.69 Å². The van der Waals surface area contributed by atoms with Crippen LogP contribution in [0, 0.1) is 6.92 Å². The lowest BCUT2D eigenvalue weighted by Crippen LogP contribution is -2.11. The topological polar surface area (TPSA) is 47.6 Å². The van der Waals surface area contributed by atoms with Gasteiger partial charge < -0.3 is 14.8 Å². The molecule has 1 N–H and O–H groups in total. The molecule has 22 heavy (non-hydrogen) atoms. The van der Waals surface area contributed by atoms with Crippen LogP contribution >= 0.6 is 0 Å². The van der Waals surface area contributed by atoms with Crippen molar-refractivity contribution in [1.29, 1.82) is 0 Å². The molecule has 116 valence electrons.